The number of halogens is 2. The normalized spacial score (nSPS) is 10.7. The van der Waals surface area contributed by atoms with E-state index in [9.17, 15) is 13.6 Å². The van der Waals surface area contributed by atoms with Crippen molar-refractivity contribution in [3.05, 3.63) is 40.7 Å². The SMILES string of the molecule is Cc1ccc(F)c(C(=O)Cc2nnn(C)n2)c1F. The average molecular weight is 252 g/mol. The highest BCUT2D eigenvalue weighted by Crippen LogP contribution is 2.17. The number of hydrogen-bond donors (Lipinski definition) is 0. The van der Waals surface area contributed by atoms with Gasteiger partial charge in [-0.05, 0) is 23.8 Å². The number of benzene rings is 1. The quantitative estimate of drug-likeness (QED) is 0.771. The number of Topliss-reactive ketones (excluding diaryl/α,β-unsaturated/α-hetero) is 1. The smallest absolute Gasteiger partial charge is 0.182 e. The molecule has 0 N–H and O–H groups in total. The van der Waals surface area contributed by atoms with E-state index in [1.807, 2.05) is 0 Å². The van der Waals surface area contributed by atoms with Gasteiger partial charge in [0.2, 0.25) is 0 Å². The van der Waals surface area contributed by atoms with Crippen molar-refractivity contribution >= 4 is 5.78 Å². The zero-order valence-corrected chi connectivity index (χ0v) is 9.81. The standard InChI is InChI=1S/C11H10F2N4O/c1-6-3-4-7(12)10(11(6)13)8(18)5-9-14-16-17(2)15-9/h3-4H,5H2,1-2H3. The summed E-state index contributed by atoms with van der Waals surface area (Å²) in [4.78, 5) is 13.0. The molecule has 0 aliphatic carbocycles. The topological polar surface area (TPSA) is 60.7 Å². The van der Waals surface area contributed by atoms with Crippen LogP contribution in [-0.2, 0) is 13.5 Å². The molecule has 2 rings (SSSR count). The minimum absolute atomic E-state index is 0.128. The number of ketones is 1. The minimum atomic E-state index is -0.882. The molecule has 0 saturated carbocycles. The van der Waals surface area contributed by atoms with Gasteiger partial charge < -0.3 is 0 Å². The van der Waals surface area contributed by atoms with Gasteiger partial charge in [-0.15, -0.1) is 10.2 Å². The lowest BCUT2D eigenvalue weighted by Gasteiger charge is -2.04. The molecule has 18 heavy (non-hydrogen) atoms. The summed E-state index contributed by atoms with van der Waals surface area (Å²) in [7, 11) is 1.54. The number of carbonyl (C=O) groups is 1. The molecular formula is C11H10F2N4O. The second-order valence-corrected chi connectivity index (χ2v) is 3.85. The molecule has 0 aliphatic rings. The summed E-state index contributed by atoms with van der Waals surface area (Å²) in [5.41, 5.74) is -0.339. The van der Waals surface area contributed by atoms with Gasteiger partial charge in [0.05, 0.1) is 19.0 Å². The number of aromatic nitrogens is 4. The van der Waals surface area contributed by atoms with Gasteiger partial charge >= 0.3 is 0 Å². The molecule has 1 heterocycles. The highest BCUT2D eigenvalue weighted by molar-refractivity contribution is 5.97. The maximum Gasteiger partial charge on any atom is 0.182 e. The van der Waals surface area contributed by atoms with Crippen LogP contribution < -0.4 is 0 Å². The predicted octanol–water partition coefficient (Wildman–Crippen LogP) is 1.22. The van der Waals surface area contributed by atoms with Crippen LogP contribution in [0.1, 0.15) is 21.7 Å². The highest BCUT2D eigenvalue weighted by Gasteiger charge is 2.20. The Morgan fingerprint density at radius 2 is 2.11 bits per heavy atom. The fourth-order valence-electron chi connectivity index (χ4n) is 1.54. The Morgan fingerprint density at radius 3 is 2.72 bits per heavy atom. The third-order valence-corrected chi connectivity index (χ3v) is 2.43. The second-order valence-electron chi connectivity index (χ2n) is 3.85. The summed E-state index contributed by atoms with van der Waals surface area (Å²) in [6.45, 7) is 1.46. The van der Waals surface area contributed by atoms with Crippen molar-refractivity contribution < 1.29 is 13.6 Å². The van der Waals surface area contributed by atoms with Gasteiger partial charge in [-0.3, -0.25) is 4.79 Å². The number of aryl methyl sites for hydroxylation is 2. The van der Waals surface area contributed by atoms with Crippen molar-refractivity contribution in [3.8, 4) is 0 Å². The van der Waals surface area contributed by atoms with Gasteiger partial charge in [0, 0.05) is 0 Å². The van der Waals surface area contributed by atoms with Crippen LogP contribution >= 0.6 is 0 Å². The van der Waals surface area contributed by atoms with Crippen LogP contribution in [0.25, 0.3) is 0 Å². The first-order valence-corrected chi connectivity index (χ1v) is 5.19. The van der Waals surface area contributed by atoms with Crippen molar-refractivity contribution in [1.82, 2.24) is 20.2 Å². The maximum absolute atomic E-state index is 13.7. The number of nitrogens with zero attached hydrogens (tertiary/aromatic N) is 4. The van der Waals surface area contributed by atoms with Gasteiger partial charge in [0.15, 0.2) is 11.6 Å². The molecular weight excluding hydrogens is 242 g/mol. The Kier molecular flexibility index (Phi) is 3.14. The molecule has 0 amide bonds. The van der Waals surface area contributed by atoms with E-state index in [1.165, 1.54) is 24.8 Å². The highest BCUT2D eigenvalue weighted by atomic mass is 19.1. The molecule has 0 bridgehead atoms. The van der Waals surface area contributed by atoms with Crippen LogP contribution in [0.5, 0.6) is 0 Å². The van der Waals surface area contributed by atoms with Crippen molar-refractivity contribution in [1.29, 1.82) is 0 Å². The molecule has 7 heteroatoms. The van der Waals surface area contributed by atoms with Crippen LogP contribution in [0.15, 0.2) is 12.1 Å². The zero-order valence-electron chi connectivity index (χ0n) is 9.81. The molecule has 0 unspecified atom stereocenters. The van der Waals surface area contributed by atoms with E-state index in [0.29, 0.717) is 0 Å². The van der Waals surface area contributed by atoms with E-state index in [-0.39, 0.29) is 17.8 Å². The lowest BCUT2D eigenvalue weighted by atomic mass is 10.0. The van der Waals surface area contributed by atoms with Crippen molar-refractivity contribution in [3.63, 3.8) is 0 Å². The molecule has 0 fully saturated rings. The Bertz CT molecular complexity index is 609. The summed E-state index contributed by atoms with van der Waals surface area (Å²) >= 11 is 0. The van der Waals surface area contributed by atoms with E-state index in [0.717, 1.165) is 6.07 Å². The molecule has 94 valence electrons. The van der Waals surface area contributed by atoms with Gasteiger partial charge in [-0.2, -0.15) is 4.80 Å². The molecule has 0 atom stereocenters. The van der Waals surface area contributed by atoms with Gasteiger partial charge in [0.1, 0.15) is 11.6 Å². The number of carbonyl (C=O) groups excluding carboxylic acids is 1. The first kappa shape index (κ1) is 12.3. The molecule has 0 radical (unpaired) electrons. The lowest BCUT2D eigenvalue weighted by Crippen LogP contribution is -2.11. The number of rotatable bonds is 3. The van der Waals surface area contributed by atoms with E-state index >= 15 is 0 Å². The van der Waals surface area contributed by atoms with E-state index in [4.69, 9.17) is 0 Å². The molecule has 1 aromatic carbocycles. The summed E-state index contributed by atoms with van der Waals surface area (Å²) in [6.07, 6.45) is -0.287. The summed E-state index contributed by atoms with van der Waals surface area (Å²) < 4.78 is 27.2. The summed E-state index contributed by atoms with van der Waals surface area (Å²) in [6, 6.07) is 2.35. The third kappa shape index (κ3) is 2.24. The van der Waals surface area contributed by atoms with E-state index in [2.05, 4.69) is 15.4 Å². The predicted molar refractivity (Wildman–Crippen MR) is 57.9 cm³/mol. The average Bonchev–Trinajstić information content (AvgIpc) is 2.70. The Labute approximate surface area is 101 Å². The van der Waals surface area contributed by atoms with Gasteiger partial charge in [-0.25, -0.2) is 8.78 Å². The van der Waals surface area contributed by atoms with Crippen LogP contribution in [0, 0.1) is 18.6 Å². The summed E-state index contributed by atoms with van der Waals surface area (Å²) in [5.74, 6) is -2.31. The number of tetrazole rings is 1. The van der Waals surface area contributed by atoms with Crippen LogP contribution in [-0.4, -0.2) is 26.0 Å². The Balaban J connectivity index is 2.32. The Hall–Kier alpha value is -2.18. The monoisotopic (exact) mass is 252 g/mol. The molecule has 0 aliphatic heterocycles. The summed E-state index contributed by atoms with van der Waals surface area (Å²) in [5, 5.41) is 10.9. The molecule has 0 saturated heterocycles. The lowest BCUT2D eigenvalue weighted by molar-refractivity contribution is 0.0982. The molecule has 5 nitrogen and oxygen atoms in total. The third-order valence-electron chi connectivity index (χ3n) is 2.43. The van der Waals surface area contributed by atoms with Crippen LogP contribution in [0.4, 0.5) is 8.78 Å². The first-order chi connectivity index (χ1) is 8.49. The molecule has 1 aromatic heterocycles. The molecule has 2 aromatic rings. The van der Waals surface area contributed by atoms with Gasteiger partial charge in [0.25, 0.3) is 0 Å². The van der Waals surface area contributed by atoms with Crippen LogP contribution in [0.2, 0.25) is 0 Å². The first-order valence-electron chi connectivity index (χ1n) is 5.19. The van der Waals surface area contributed by atoms with Crippen molar-refractivity contribution in [2.24, 2.45) is 7.05 Å². The maximum atomic E-state index is 13.7. The largest absolute Gasteiger partial charge is 0.293 e. The zero-order chi connectivity index (χ0) is 13.3. The molecule has 0 spiro atoms. The minimum Gasteiger partial charge on any atom is -0.293 e. The van der Waals surface area contributed by atoms with E-state index in [1.54, 1.807) is 0 Å². The fourth-order valence-corrected chi connectivity index (χ4v) is 1.54. The van der Waals surface area contributed by atoms with E-state index < -0.39 is 23.0 Å². The van der Waals surface area contributed by atoms with Crippen LogP contribution in [0.3, 0.4) is 0 Å². The second kappa shape index (κ2) is 4.59. The van der Waals surface area contributed by atoms with Crippen molar-refractivity contribution in [2.45, 2.75) is 13.3 Å². The Morgan fingerprint density at radius 1 is 1.39 bits per heavy atom. The van der Waals surface area contributed by atoms with Gasteiger partial charge in [-0.1, -0.05) is 6.07 Å². The number of hydrogen-bond acceptors (Lipinski definition) is 4. The fraction of sp³-hybridized carbons (Fsp3) is 0.273. The van der Waals surface area contributed by atoms with Crippen molar-refractivity contribution in [2.75, 3.05) is 0 Å².